The van der Waals surface area contributed by atoms with E-state index in [0.717, 1.165) is 35.6 Å². The van der Waals surface area contributed by atoms with Gasteiger partial charge in [0.05, 0.1) is 12.2 Å². The predicted molar refractivity (Wildman–Crippen MR) is 112 cm³/mol. The minimum atomic E-state index is 0. The number of aromatic nitrogens is 2. The van der Waals surface area contributed by atoms with Gasteiger partial charge in [-0.25, -0.2) is 9.98 Å². The van der Waals surface area contributed by atoms with Gasteiger partial charge < -0.3 is 10.6 Å². The fourth-order valence-electron chi connectivity index (χ4n) is 3.25. The van der Waals surface area contributed by atoms with Gasteiger partial charge >= 0.3 is 0 Å². The second kappa shape index (κ2) is 10.2. The topological polar surface area (TPSA) is 53.7 Å². The number of nitrogens with one attached hydrogen (secondary N) is 2. The Morgan fingerprint density at radius 1 is 1.38 bits per heavy atom. The summed E-state index contributed by atoms with van der Waals surface area (Å²) in [7, 11) is 0. The van der Waals surface area contributed by atoms with Crippen molar-refractivity contribution in [2.45, 2.75) is 52.0 Å². The van der Waals surface area contributed by atoms with E-state index in [2.05, 4.69) is 38.1 Å². The summed E-state index contributed by atoms with van der Waals surface area (Å²) >= 11 is 1.65. The van der Waals surface area contributed by atoms with Gasteiger partial charge in [-0.15, -0.1) is 35.3 Å². The van der Waals surface area contributed by atoms with Gasteiger partial charge in [-0.2, -0.15) is 0 Å². The molecular weight excluding hydrogens is 433 g/mol. The lowest BCUT2D eigenvalue weighted by Crippen LogP contribution is -2.37. The zero-order valence-electron chi connectivity index (χ0n) is 14.3. The van der Waals surface area contributed by atoms with Gasteiger partial charge in [0.25, 0.3) is 0 Å². The first-order valence-corrected chi connectivity index (χ1v) is 9.66. The fraction of sp³-hybridized carbons (Fsp3) is 0.647. The highest BCUT2D eigenvalue weighted by molar-refractivity contribution is 14.0. The summed E-state index contributed by atoms with van der Waals surface area (Å²) in [5, 5.41) is 8.81. The highest BCUT2D eigenvalue weighted by Gasteiger charge is 2.14. The zero-order valence-corrected chi connectivity index (χ0v) is 17.5. The van der Waals surface area contributed by atoms with E-state index in [1.807, 2.05) is 11.6 Å². The Hall–Kier alpha value is -0.830. The Morgan fingerprint density at radius 2 is 2.21 bits per heavy atom. The highest BCUT2D eigenvalue weighted by Crippen LogP contribution is 2.28. The molecule has 0 saturated heterocycles. The van der Waals surface area contributed by atoms with E-state index in [1.165, 1.54) is 38.5 Å². The second-order valence-electron chi connectivity index (χ2n) is 6.24. The Bertz CT molecular complexity index is 601. The highest BCUT2D eigenvalue weighted by atomic mass is 127. The minimum absolute atomic E-state index is 0. The summed E-state index contributed by atoms with van der Waals surface area (Å²) in [4.78, 5) is 10.3. The maximum Gasteiger partial charge on any atom is 0.193 e. The molecule has 0 radical (unpaired) electrons. The third-order valence-electron chi connectivity index (χ3n) is 4.44. The number of nitrogens with zero attached hydrogens (tertiary/aromatic N) is 3. The SMILES string of the molecule is CCNC(=NCc1cn2ccsc2n1)NCCCC1CCCC1.I. The number of imidazole rings is 1. The molecule has 2 aromatic heterocycles. The Balaban J connectivity index is 0.00000208. The summed E-state index contributed by atoms with van der Waals surface area (Å²) in [6.07, 6.45) is 12.4. The van der Waals surface area contributed by atoms with Crippen LogP contribution in [0.2, 0.25) is 0 Å². The summed E-state index contributed by atoms with van der Waals surface area (Å²) in [5.41, 5.74) is 1.01. The molecule has 0 unspecified atom stereocenters. The van der Waals surface area contributed by atoms with Crippen molar-refractivity contribution < 1.29 is 0 Å². The summed E-state index contributed by atoms with van der Waals surface area (Å²) < 4.78 is 2.05. The van der Waals surface area contributed by atoms with Gasteiger partial charge in [-0.1, -0.05) is 25.7 Å². The first-order valence-electron chi connectivity index (χ1n) is 8.78. The minimum Gasteiger partial charge on any atom is -0.357 e. The lowest BCUT2D eigenvalue weighted by Gasteiger charge is -2.12. The third kappa shape index (κ3) is 5.61. The normalized spacial score (nSPS) is 15.6. The van der Waals surface area contributed by atoms with E-state index in [0.29, 0.717) is 6.54 Å². The lowest BCUT2D eigenvalue weighted by molar-refractivity contribution is 0.481. The predicted octanol–water partition coefficient (Wildman–Crippen LogP) is 4.04. The maximum absolute atomic E-state index is 4.65. The van der Waals surface area contributed by atoms with Crippen LogP contribution in [0.5, 0.6) is 0 Å². The summed E-state index contributed by atoms with van der Waals surface area (Å²) in [6, 6.07) is 0. The van der Waals surface area contributed by atoms with Gasteiger partial charge in [0, 0.05) is 30.9 Å². The molecule has 0 bridgehead atoms. The van der Waals surface area contributed by atoms with Crippen LogP contribution in [-0.2, 0) is 6.54 Å². The molecule has 5 nitrogen and oxygen atoms in total. The second-order valence-corrected chi connectivity index (χ2v) is 7.11. The number of hydrogen-bond acceptors (Lipinski definition) is 3. The molecule has 1 aliphatic rings. The summed E-state index contributed by atoms with van der Waals surface area (Å²) in [5.74, 6) is 1.87. The molecule has 2 N–H and O–H groups in total. The molecule has 24 heavy (non-hydrogen) atoms. The van der Waals surface area contributed by atoms with Crippen molar-refractivity contribution in [3.05, 3.63) is 23.5 Å². The van der Waals surface area contributed by atoms with Gasteiger partial charge in [0.15, 0.2) is 10.9 Å². The van der Waals surface area contributed by atoms with Crippen LogP contribution in [0.3, 0.4) is 0 Å². The van der Waals surface area contributed by atoms with Crippen LogP contribution in [0.4, 0.5) is 0 Å². The van der Waals surface area contributed by atoms with Crippen molar-refractivity contribution in [1.82, 2.24) is 20.0 Å². The van der Waals surface area contributed by atoms with Crippen molar-refractivity contribution in [2.24, 2.45) is 10.9 Å². The summed E-state index contributed by atoms with van der Waals surface area (Å²) in [6.45, 7) is 4.60. The molecule has 1 saturated carbocycles. The zero-order chi connectivity index (χ0) is 15.9. The molecule has 0 amide bonds. The first kappa shape index (κ1) is 19.5. The molecule has 0 aliphatic heterocycles. The van der Waals surface area contributed by atoms with Gasteiger partial charge in [-0.3, -0.25) is 4.40 Å². The third-order valence-corrected chi connectivity index (χ3v) is 5.21. The first-order chi connectivity index (χ1) is 11.3. The van der Waals surface area contributed by atoms with Crippen molar-refractivity contribution in [3.63, 3.8) is 0 Å². The molecule has 0 atom stereocenters. The van der Waals surface area contributed by atoms with Crippen LogP contribution >= 0.6 is 35.3 Å². The van der Waals surface area contributed by atoms with E-state index < -0.39 is 0 Å². The largest absolute Gasteiger partial charge is 0.357 e. The van der Waals surface area contributed by atoms with Crippen LogP contribution in [0.1, 0.15) is 51.1 Å². The van der Waals surface area contributed by atoms with Gasteiger partial charge in [0.2, 0.25) is 0 Å². The lowest BCUT2D eigenvalue weighted by atomic mass is 10.0. The van der Waals surface area contributed by atoms with E-state index in [1.54, 1.807) is 11.3 Å². The number of aliphatic imine (C=N–C) groups is 1. The molecule has 3 rings (SSSR count). The standard InChI is InChI=1S/C17H27N5S.HI/c1-2-18-16(19-9-5-8-14-6-3-4-7-14)20-12-15-13-22-10-11-23-17(22)21-15;/h10-11,13-14H,2-9,12H2,1H3,(H2,18,19,20);1H. The molecule has 0 aromatic carbocycles. The number of rotatable bonds is 7. The van der Waals surface area contributed by atoms with Crippen LogP contribution < -0.4 is 10.6 Å². The number of guanidine groups is 1. The molecule has 134 valence electrons. The Kier molecular flexibility index (Phi) is 8.31. The van der Waals surface area contributed by atoms with Crippen LogP contribution in [0, 0.1) is 5.92 Å². The number of thiazole rings is 1. The molecular formula is C17H28IN5S. The van der Waals surface area contributed by atoms with E-state index in [4.69, 9.17) is 0 Å². The smallest absolute Gasteiger partial charge is 0.193 e. The van der Waals surface area contributed by atoms with Crippen LogP contribution in [-0.4, -0.2) is 28.4 Å². The number of hydrogen-bond donors (Lipinski definition) is 2. The molecule has 2 aromatic rings. The molecule has 1 fully saturated rings. The van der Waals surface area contributed by atoms with E-state index >= 15 is 0 Å². The molecule has 0 spiro atoms. The molecule has 7 heteroatoms. The van der Waals surface area contributed by atoms with Crippen molar-refractivity contribution in [3.8, 4) is 0 Å². The van der Waals surface area contributed by atoms with Crippen molar-refractivity contribution >= 4 is 46.2 Å². The monoisotopic (exact) mass is 461 g/mol. The average molecular weight is 461 g/mol. The quantitative estimate of drug-likeness (QED) is 0.283. The van der Waals surface area contributed by atoms with Gasteiger partial charge in [0.1, 0.15) is 0 Å². The van der Waals surface area contributed by atoms with Crippen molar-refractivity contribution in [1.29, 1.82) is 0 Å². The van der Waals surface area contributed by atoms with E-state index in [9.17, 15) is 0 Å². The number of fused-ring (bicyclic) bond motifs is 1. The molecule has 1 aliphatic carbocycles. The maximum atomic E-state index is 4.65. The van der Waals surface area contributed by atoms with E-state index in [-0.39, 0.29) is 24.0 Å². The number of halogens is 1. The Morgan fingerprint density at radius 3 is 2.96 bits per heavy atom. The van der Waals surface area contributed by atoms with Crippen LogP contribution in [0.25, 0.3) is 4.96 Å². The fourth-order valence-corrected chi connectivity index (χ4v) is 3.97. The molecule has 2 heterocycles. The average Bonchev–Trinajstić information content (AvgIpc) is 3.25. The van der Waals surface area contributed by atoms with Gasteiger partial charge in [-0.05, 0) is 25.7 Å². The van der Waals surface area contributed by atoms with Crippen LogP contribution in [0.15, 0.2) is 22.8 Å². The van der Waals surface area contributed by atoms with Crippen molar-refractivity contribution in [2.75, 3.05) is 13.1 Å². The Labute approximate surface area is 165 Å².